The van der Waals surface area contributed by atoms with Gasteiger partial charge in [0.1, 0.15) is 0 Å². The number of rotatable bonds is 2. The number of nitrogens with one attached hydrogen (secondary N) is 1. The fraction of sp³-hybridized carbons (Fsp3) is 1.00. The van der Waals surface area contributed by atoms with Crippen molar-refractivity contribution in [2.24, 2.45) is 5.41 Å². The smallest absolute Gasteiger partial charge is 0.00176 e. The first-order valence-corrected chi connectivity index (χ1v) is 3.47. The molecule has 1 saturated heterocycles. The largest absolute Gasteiger partial charge is 0.316 e. The maximum atomic E-state index is 3.29. The van der Waals surface area contributed by atoms with Gasteiger partial charge in [0.15, 0.2) is 0 Å². The van der Waals surface area contributed by atoms with Gasteiger partial charge in [-0.25, -0.2) is 0 Å². The molecule has 0 aliphatic carbocycles. The van der Waals surface area contributed by atoms with E-state index in [1.807, 2.05) is 0 Å². The highest BCUT2D eigenvalue weighted by atomic mass is 15.0. The van der Waals surface area contributed by atoms with Crippen LogP contribution >= 0.6 is 0 Å². The van der Waals surface area contributed by atoms with Gasteiger partial charge in [0.25, 0.3) is 0 Å². The van der Waals surface area contributed by atoms with Gasteiger partial charge in [0.2, 0.25) is 0 Å². The van der Waals surface area contributed by atoms with Crippen LogP contribution in [0.25, 0.3) is 0 Å². The average molecular weight is 113 g/mol. The molecule has 1 aliphatic rings. The van der Waals surface area contributed by atoms with E-state index in [1.165, 1.54) is 25.9 Å². The highest BCUT2D eigenvalue weighted by Crippen LogP contribution is 2.26. The summed E-state index contributed by atoms with van der Waals surface area (Å²) in [5.41, 5.74) is 0.661. The lowest BCUT2D eigenvalue weighted by molar-refractivity contribution is 0.178. The van der Waals surface area contributed by atoms with Gasteiger partial charge in [-0.05, 0) is 11.8 Å². The maximum Gasteiger partial charge on any atom is 0.00176 e. The standard InChI is InChI=1S/C7H15N/c1-3-4-7(2)5-8-6-7/h8H,3-6H2,1-2H3. The van der Waals surface area contributed by atoms with Gasteiger partial charge in [0.05, 0.1) is 0 Å². The topological polar surface area (TPSA) is 12.0 Å². The van der Waals surface area contributed by atoms with Crippen LogP contribution in [-0.4, -0.2) is 13.1 Å². The summed E-state index contributed by atoms with van der Waals surface area (Å²) < 4.78 is 0. The molecule has 48 valence electrons. The minimum Gasteiger partial charge on any atom is -0.316 e. The molecule has 1 N–H and O–H groups in total. The van der Waals surface area contributed by atoms with E-state index in [0.717, 1.165) is 0 Å². The van der Waals surface area contributed by atoms with Gasteiger partial charge in [-0.2, -0.15) is 0 Å². The summed E-state index contributed by atoms with van der Waals surface area (Å²) in [5.74, 6) is 0. The Bertz CT molecular complexity index is 74.5. The molecule has 0 aromatic rings. The molecule has 0 saturated carbocycles. The molecule has 0 radical (unpaired) electrons. The Labute approximate surface area is 51.5 Å². The molecule has 0 aromatic heterocycles. The molecule has 0 amide bonds. The van der Waals surface area contributed by atoms with Crippen molar-refractivity contribution in [3.8, 4) is 0 Å². The van der Waals surface area contributed by atoms with Crippen molar-refractivity contribution in [2.75, 3.05) is 13.1 Å². The van der Waals surface area contributed by atoms with E-state index < -0.39 is 0 Å². The summed E-state index contributed by atoms with van der Waals surface area (Å²) in [4.78, 5) is 0. The molecule has 1 nitrogen and oxygen atoms in total. The second-order valence-corrected chi connectivity index (χ2v) is 3.16. The first kappa shape index (κ1) is 6.09. The Morgan fingerprint density at radius 2 is 2.12 bits per heavy atom. The molecule has 1 fully saturated rings. The van der Waals surface area contributed by atoms with Gasteiger partial charge in [-0.15, -0.1) is 0 Å². The SMILES string of the molecule is CCCC1(C)CNC1. The fourth-order valence-electron chi connectivity index (χ4n) is 1.33. The second-order valence-electron chi connectivity index (χ2n) is 3.16. The molecule has 0 spiro atoms. The lowest BCUT2D eigenvalue weighted by Crippen LogP contribution is -2.51. The third-order valence-electron chi connectivity index (χ3n) is 1.96. The predicted molar refractivity (Wildman–Crippen MR) is 35.9 cm³/mol. The normalized spacial score (nSPS) is 24.8. The molecule has 0 aromatic carbocycles. The third-order valence-corrected chi connectivity index (χ3v) is 1.96. The van der Waals surface area contributed by atoms with E-state index >= 15 is 0 Å². The number of hydrogen-bond acceptors (Lipinski definition) is 1. The van der Waals surface area contributed by atoms with E-state index in [2.05, 4.69) is 19.2 Å². The van der Waals surface area contributed by atoms with Crippen molar-refractivity contribution >= 4 is 0 Å². The van der Waals surface area contributed by atoms with Crippen LogP contribution in [-0.2, 0) is 0 Å². The van der Waals surface area contributed by atoms with Gasteiger partial charge in [-0.1, -0.05) is 20.3 Å². The van der Waals surface area contributed by atoms with Crippen molar-refractivity contribution < 1.29 is 0 Å². The lowest BCUT2D eigenvalue weighted by Gasteiger charge is -2.39. The van der Waals surface area contributed by atoms with Crippen LogP contribution in [0.3, 0.4) is 0 Å². The molecular weight excluding hydrogens is 98.1 g/mol. The molecule has 8 heavy (non-hydrogen) atoms. The molecule has 0 bridgehead atoms. The predicted octanol–water partition coefficient (Wildman–Crippen LogP) is 1.40. The molecule has 1 heterocycles. The summed E-state index contributed by atoms with van der Waals surface area (Å²) in [6.07, 6.45) is 2.72. The van der Waals surface area contributed by atoms with E-state index in [9.17, 15) is 0 Å². The Kier molecular flexibility index (Phi) is 1.57. The average Bonchev–Trinajstić information content (AvgIpc) is 1.64. The first-order valence-electron chi connectivity index (χ1n) is 3.47. The molecular formula is C7H15N. The van der Waals surface area contributed by atoms with E-state index in [0.29, 0.717) is 5.41 Å². The van der Waals surface area contributed by atoms with Crippen molar-refractivity contribution in [3.05, 3.63) is 0 Å². The van der Waals surface area contributed by atoms with Gasteiger partial charge >= 0.3 is 0 Å². The number of hydrogen-bond donors (Lipinski definition) is 1. The Morgan fingerprint density at radius 3 is 2.25 bits per heavy atom. The Balaban J connectivity index is 2.20. The van der Waals surface area contributed by atoms with E-state index in [4.69, 9.17) is 0 Å². The minimum absolute atomic E-state index is 0.661. The monoisotopic (exact) mass is 113 g/mol. The lowest BCUT2D eigenvalue weighted by atomic mass is 9.80. The highest BCUT2D eigenvalue weighted by Gasteiger charge is 2.29. The fourth-order valence-corrected chi connectivity index (χ4v) is 1.33. The highest BCUT2D eigenvalue weighted by molar-refractivity contribution is 4.87. The summed E-state index contributed by atoms with van der Waals surface area (Å²) in [6.45, 7) is 7.08. The second kappa shape index (κ2) is 2.06. The Morgan fingerprint density at radius 1 is 1.50 bits per heavy atom. The summed E-state index contributed by atoms with van der Waals surface area (Å²) in [5, 5.41) is 3.29. The molecule has 0 unspecified atom stereocenters. The van der Waals surface area contributed by atoms with Gasteiger partial charge in [0, 0.05) is 13.1 Å². The van der Waals surface area contributed by atoms with E-state index in [1.54, 1.807) is 0 Å². The van der Waals surface area contributed by atoms with Crippen LogP contribution in [0.4, 0.5) is 0 Å². The van der Waals surface area contributed by atoms with Crippen LogP contribution in [0.15, 0.2) is 0 Å². The summed E-state index contributed by atoms with van der Waals surface area (Å²) in [6, 6.07) is 0. The van der Waals surface area contributed by atoms with Crippen molar-refractivity contribution in [2.45, 2.75) is 26.7 Å². The van der Waals surface area contributed by atoms with Crippen LogP contribution < -0.4 is 5.32 Å². The molecule has 0 atom stereocenters. The van der Waals surface area contributed by atoms with Crippen molar-refractivity contribution in [1.29, 1.82) is 0 Å². The summed E-state index contributed by atoms with van der Waals surface area (Å²) >= 11 is 0. The molecule has 1 aliphatic heterocycles. The van der Waals surface area contributed by atoms with Crippen LogP contribution in [0.2, 0.25) is 0 Å². The zero-order chi connectivity index (χ0) is 6.04. The molecule has 1 rings (SSSR count). The van der Waals surface area contributed by atoms with Gasteiger partial charge in [-0.3, -0.25) is 0 Å². The zero-order valence-corrected chi connectivity index (χ0v) is 5.83. The van der Waals surface area contributed by atoms with Crippen molar-refractivity contribution in [3.63, 3.8) is 0 Å². The zero-order valence-electron chi connectivity index (χ0n) is 5.83. The summed E-state index contributed by atoms with van der Waals surface area (Å²) in [7, 11) is 0. The van der Waals surface area contributed by atoms with Gasteiger partial charge < -0.3 is 5.32 Å². The quantitative estimate of drug-likeness (QED) is 0.570. The maximum absolute atomic E-state index is 3.29. The van der Waals surface area contributed by atoms with Crippen molar-refractivity contribution in [1.82, 2.24) is 5.32 Å². The van der Waals surface area contributed by atoms with Crippen LogP contribution in [0.1, 0.15) is 26.7 Å². The Hall–Kier alpha value is -0.0400. The van der Waals surface area contributed by atoms with E-state index in [-0.39, 0.29) is 0 Å². The minimum atomic E-state index is 0.661. The third kappa shape index (κ3) is 1.03. The van der Waals surface area contributed by atoms with Crippen LogP contribution in [0.5, 0.6) is 0 Å². The van der Waals surface area contributed by atoms with Crippen LogP contribution in [0, 0.1) is 5.41 Å². The first-order chi connectivity index (χ1) is 3.77. The molecule has 1 heteroatoms.